The quantitative estimate of drug-likeness (QED) is 0.596. The van der Waals surface area contributed by atoms with Gasteiger partial charge in [0.05, 0.1) is 22.1 Å². The second-order valence-electron chi connectivity index (χ2n) is 6.24. The number of carbonyl (C=O) groups is 1. The first-order valence-electron chi connectivity index (χ1n) is 8.56. The number of hydrogen-bond donors (Lipinski definition) is 1. The predicted molar refractivity (Wildman–Crippen MR) is 101 cm³/mol. The summed E-state index contributed by atoms with van der Waals surface area (Å²) in [5.41, 5.74) is 1.88. The van der Waals surface area contributed by atoms with Crippen molar-refractivity contribution in [3.8, 4) is 11.5 Å². The van der Waals surface area contributed by atoms with Crippen molar-refractivity contribution in [2.24, 2.45) is 0 Å². The molecule has 0 aliphatic carbocycles. The average Bonchev–Trinajstić information content (AvgIpc) is 2.98. The molecule has 1 amide bonds. The summed E-state index contributed by atoms with van der Waals surface area (Å²) in [4.78, 5) is 22.7. The van der Waals surface area contributed by atoms with Crippen LogP contribution in [-0.4, -0.2) is 23.5 Å². The van der Waals surface area contributed by atoms with Gasteiger partial charge in [-0.15, -0.1) is 0 Å². The molecule has 3 rings (SSSR count). The monoisotopic (exact) mass is 390 g/mol. The second-order valence-corrected chi connectivity index (χ2v) is 6.64. The van der Waals surface area contributed by atoms with Crippen molar-refractivity contribution in [3.05, 3.63) is 62.2 Å². The number of carbonyl (C=O) groups excluding carboxylic acids is 1. The van der Waals surface area contributed by atoms with E-state index in [1.54, 1.807) is 0 Å². The Kier molecular flexibility index (Phi) is 5.51. The first kappa shape index (κ1) is 19.0. The lowest BCUT2D eigenvalue weighted by atomic mass is 10.1. The van der Waals surface area contributed by atoms with Crippen LogP contribution in [0.5, 0.6) is 11.5 Å². The number of hydrogen-bond acceptors (Lipinski definition) is 5. The van der Waals surface area contributed by atoms with E-state index in [4.69, 9.17) is 21.1 Å². The van der Waals surface area contributed by atoms with Gasteiger partial charge in [-0.05, 0) is 32.0 Å². The van der Waals surface area contributed by atoms with E-state index in [9.17, 15) is 14.9 Å². The molecule has 2 aromatic rings. The Hall–Kier alpha value is -2.80. The molecule has 0 bridgehead atoms. The van der Waals surface area contributed by atoms with Crippen LogP contribution in [-0.2, 0) is 13.0 Å². The fourth-order valence-electron chi connectivity index (χ4n) is 2.98. The number of nitrogens with zero attached hydrogens (tertiary/aromatic N) is 1. The molecule has 1 heterocycles. The minimum absolute atomic E-state index is 0.0258. The summed E-state index contributed by atoms with van der Waals surface area (Å²) in [6.07, 6.45) is 0.929. The van der Waals surface area contributed by atoms with Gasteiger partial charge in [0.25, 0.3) is 11.6 Å². The van der Waals surface area contributed by atoms with E-state index in [-0.39, 0.29) is 28.9 Å². The molecule has 0 saturated heterocycles. The summed E-state index contributed by atoms with van der Waals surface area (Å²) in [5, 5.41) is 13.6. The second kappa shape index (κ2) is 7.84. The predicted octanol–water partition coefficient (Wildman–Crippen LogP) is 3.90. The van der Waals surface area contributed by atoms with Crippen LogP contribution in [0.2, 0.25) is 5.02 Å². The number of ether oxygens (including phenoxy) is 2. The van der Waals surface area contributed by atoms with Crippen molar-refractivity contribution in [3.63, 3.8) is 0 Å². The summed E-state index contributed by atoms with van der Waals surface area (Å²) in [6, 6.07) is 7.57. The van der Waals surface area contributed by atoms with Crippen molar-refractivity contribution in [1.29, 1.82) is 0 Å². The maximum atomic E-state index is 12.4. The van der Waals surface area contributed by atoms with Gasteiger partial charge in [0, 0.05) is 36.2 Å². The molecule has 1 aliphatic heterocycles. The van der Waals surface area contributed by atoms with Crippen molar-refractivity contribution < 1.29 is 19.2 Å². The van der Waals surface area contributed by atoms with E-state index >= 15 is 0 Å². The van der Waals surface area contributed by atoms with Crippen molar-refractivity contribution in [1.82, 2.24) is 5.32 Å². The van der Waals surface area contributed by atoms with Crippen LogP contribution < -0.4 is 14.8 Å². The van der Waals surface area contributed by atoms with Gasteiger partial charge in [-0.25, -0.2) is 0 Å². The number of benzene rings is 2. The van der Waals surface area contributed by atoms with E-state index < -0.39 is 10.8 Å². The smallest absolute Gasteiger partial charge is 0.270 e. The molecule has 2 aromatic carbocycles. The topological polar surface area (TPSA) is 90.7 Å². The lowest BCUT2D eigenvalue weighted by molar-refractivity contribution is -0.384. The van der Waals surface area contributed by atoms with E-state index in [1.165, 1.54) is 12.1 Å². The highest BCUT2D eigenvalue weighted by Crippen LogP contribution is 2.35. The number of nitrogens with one attached hydrogen (secondary N) is 1. The lowest BCUT2D eigenvalue weighted by Gasteiger charge is -2.13. The molecule has 1 atom stereocenters. The summed E-state index contributed by atoms with van der Waals surface area (Å²) >= 11 is 6.01. The van der Waals surface area contributed by atoms with Crippen LogP contribution in [0.3, 0.4) is 0 Å². The lowest BCUT2D eigenvalue weighted by Crippen LogP contribution is -2.23. The molecule has 0 saturated carbocycles. The van der Waals surface area contributed by atoms with E-state index in [0.29, 0.717) is 12.4 Å². The summed E-state index contributed by atoms with van der Waals surface area (Å²) in [5.74, 6) is 1.07. The van der Waals surface area contributed by atoms with Gasteiger partial charge in [0.1, 0.15) is 17.6 Å². The summed E-state index contributed by atoms with van der Waals surface area (Å²) in [6.45, 7) is 4.61. The molecular formula is C19H19ClN2O5. The maximum Gasteiger partial charge on any atom is 0.270 e. The van der Waals surface area contributed by atoms with E-state index in [1.807, 2.05) is 26.0 Å². The van der Waals surface area contributed by atoms with Gasteiger partial charge in [-0.3, -0.25) is 14.9 Å². The standard InChI is InChI=1S/C19H19ClN2O5/c1-3-26-17-7-12-6-11(2)27-18(12)8-13(17)10-21-19(23)15-5-4-14(22(24)25)9-16(15)20/h4-5,7-9,11H,3,6,10H2,1-2H3,(H,21,23)/t11-/m0/s1. The number of nitro benzene ring substituents is 1. The Labute approximate surface area is 161 Å². The van der Waals surface area contributed by atoms with Gasteiger partial charge in [-0.2, -0.15) is 0 Å². The summed E-state index contributed by atoms with van der Waals surface area (Å²) in [7, 11) is 0. The average molecular weight is 391 g/mol. The van der Waals surface area contributed by atoms with Crippen molar-refractivity contribution in [2.75, 3.05) is 6.61 Å². The number of fused-ring (bicyclic) bond motifs is 1. The number of nitro groups is 1. The van der Waals surface area contributed by atoms with Gasteiger partial charge in [-0.1, -0.05) is 11.6 Å². The third kappa shape index (κ3) is 4.14. The van der Waals surface area contributed by atoms with Gasteiger partial charge in [0.2, 0.25) is 0 Å². The molecule has 142 valence electrons. The van der Waals surface area contributed by atoms with Gasteiger partial charge in [0.15, 0.2) is 0 Å². The van der Waals surface area contributed by atoms with Crippen LogP contribution in [0.15, 0.2) is 30.3 Å². The molecule has 0 fully saturated rings. The molecule has 1 aliphatic rings. The van der Waals surface area contributed by atoms with Gasteiger partial charge >= 0.3 is 0 Å². The minimum atomic E-state index is -0.562. The molecule has 1 N–H and O–H groups in total. The SMILES string of the molecule is CCOc1cc2c(cc1CNC(=O)c1ccc([N+](=O)[O-])cc1Cl)O[C@@H](C)C2. The highest BCUT2D eigenvalue weighted by molar-refractivity contribution is 6.34. The van der Waals surface area contributed by atoms with Crippen molar-refractivity contribution in [2.45, 2.75) is 32.9 Å². The van der Waals surface area contributed by atoms with Crippen molar-refractivity contribution >= 4 is 23.2 Å². The molecule has 0 aromatic heterocycles. The van der Waals surface area contributed by atoms with Crippen LogP contribution in [0.4, 0.5) is 5.69 Å². The molecule has 7 nitrogen and oxygen atoms in total. The number of non-ortho nitro benzene ring substituents is 1. The van der Waals surface area contributed by atoms with Gasteiger partial charge < -0.3 is 14.8 Å². The number of amides is 1. The molecule has 8 heteroatoms. The largest absolute Gasteiger partial charge is 0.494 e. The zero-order valence-corrected chi connectivity index (χ0v) is 15.7. The third-order valence-corrected chi connectivity index (χ3v) is 4.54. The maximum absolute atomic E-state index is 12.4. The molecule has 27 heavy (non-hydrogen) atoms. The van der Waals surface area contributed by atoms with Crippen LogP contribution >= 0.6 is 11.6 Å². The molecule has 0 radical (unpaired) electrons. The highest BCUT2D eigenvalue weighted by atomic mass is 35.5. The van der Waals surface area contributed by atoms with E-state index in [2.05, 4.69) is 5.32 Å². The normalized spacial score (nSPS) is 15.0. The highest BCUT2D eigenvalue weighted by Gasteiger charge is 2.22. The zero-order valence-electron chi connectivity index (χ0n) is 15.0. The van der Waals surface area contributed by atoms with Crippen LogP contribution in [0.1, 0.15) is 35.3 Å². The number of rotatable bonds is 6. The minimum Gasteiger partial charge on any atom is -0.494 e. The third-order valence-electron chi connectivity index (χ3n) is 4.23. The molecular weight excluding hydrogens is 372 g/mol. The Balaban J connectivity index is 1.77. The molecule has 0 unspecified atom stereocenters. The Morgan fingerprint density at radius 3 is 2.85 bits per heavy atom. The fourth-order valence-corrected chi connectivity index (χ4v) is 3.24. The van der Waals surface area contributed by atoms with Crippen LogP contribution in [0.25, 0.3) is 0 Å². The Morgan fingerprint density at radius 2 is 2.19 bits per heavy atom. The first-order chi connectivity index (χ1) is 12.9. The molecule has 0 spiro atoms. The van der Waals surface area contributed by atoms with Crippen LogP contribution in [0, 0.1) is 10.1 Å². The number of halogens is 1. The first-order valence-corrected chi connectivity index (χ1v) is 8.94. The van der Waals surface area contributed by atoms with E-state index in [0.717, 1.165) is 29.4 Å². The Bertz CT molecular complexity index is 900. The Morgan fingerprint density at radius 1 is 1.41 bits per heavy atom. The zero-order chi connectivity index (χ0) is 19.6. The fraction of sp³-hybridized carbons (Fsp3) is 0.316. The summed E-state index contributed by atoms with van der Waals surface area (Å²) < 4.78 is 11.5.